The second-order valence-corrected chi connectivity index (χ2v) is 5.85. The number of anilines is 1. The largest absolute Gasteiger partial charge is 0.329 e. The average molecular weight is 353 g/mol. The first-order chi connectivity index (χ1) is 12.4. The Labute approximate surface area is 149 Å². The third kappa shape index (κ3) is 3.94. The van der Waals surface area contributed by atoms with Crippen LogP contribution in [0.5, 0.6) is 0 Å². The molecule has 0 aromatic heterocycles. The maximum Gasteiger partial charge on any atom is 0.329 e. The summed E-state index contributed by atoms with van der Waals surface area (Å²) in [6, 6.07) is 11.9. The number of carbonyl (C=O) groups is 3. The summed E-state index contributed by atoms with van der Waals surface area (Å²) in [7, 11) is 0. The van der Waals surface area contributed by atoms with Gasteiger partial charge in [0.15, 0.2) is 0 Å². The number of hydrogen-bond donors (Lipinski definition) is 2. The molecule has 1 aliphatic heterocycles. The van der Waals surface area contributed by atoms with Crippen LogP contribution < -0.4 is 10.6 Å². The van der Waals surface area contributed by atoms with E-state index in [9.17, 15) is 18.8 Å². The Hall–Kier alpha value is -3.48. The van der Waals surface area contributed by atoms with E-state index in [-0.39, 0.29) is 5.70 Å². The predicted octanol–water partition coefficient (Wildman–Crippen LogP) is 2.67. The number of imide groups is 1. The minimum absolute atomic E-state index is 0.0322. The lowest BCUT2D eigenvalue weighted by Crippen LogP contribution is -2.38. The SMILES string of the molecule is Cc1ccc(NC(=O)CN2C(=O)N/C(=C\c3ccc(F)cc3)C2=O)cc1. The van der Waals surface area contributed by atoms with Gasteiger partial charge in [-0.2, -0.15) is 0 Å². The highest BCUT2D eigenvalue weighted by atomic mass is 19.1. The lowest BCUT2D eigenvalue weighted by atomic mass is 10.2. The van der Waals surface area contributed by atoms with Crippen LogP contribution in [0.25, 0.3) is 6.08 Å². The second kappa shape index (κ2) is 7.18. The minimum Gasteiger partial charge on any atom is -0.325 e. The van der Waals surface area contributed by atoms with E-state index in [1.807, 2.05) is 19.1 Å². The monoisotopic (exact) mass is 353 g/mol. The van der Waals surface area contributed by atoms with Gasteiger partial charge in [0.05, 0.1) is 0 Å². The molecule has 0 unspecified atom stereocenters. The molecule has 0 radical (unpaired) electrons. The highest BCUT2D eigenvalue weighted by molar-refractivity contribution is 6.15. The fourth-order valence-corrected chi connectivity index (χ4v) is 2.42. The molecule has 2 aromatic rings. The van der Waals surface area contributed by atoms with Crippen molar-refractivity contribution in [1.29, 1.82) is 0 Å². The quantitative estimate of drug-likeness (QED) is 0.655. The molecule has 3 rings (SSSR count). The summed E-state index contributed by atoms with van der Waals surface area (Å²) in [5, 5.41) is 5.05. The summed E-state index contributed by atoms with van der Waals surface area (Å²) < 4.78 is 12.9. The van der Waals surface area contributed by atoms with Crippen LogP contribution in [-0.4, -0.2) is 29.3 Å². The number of aryl methyl sites for hydroxylation is 1. The van der Waals surface area contributed by atoms with Crippen molar-refractivity contribution in [3.05, 3.63) is 71.2 Å². The van der Waals surface area contributed by atoms with Crippen LogP contribution in [0.15, 0.2) is 54.2 Å². The topological polar surface area (TPSA) is 78.5 Å². The number of nitrogens with one attached hydrogen (secondary N) is 2. The average Bonchev–Trinajstić information content (AvgIpc) is 2.86. The van der Waals surface area contributed by atoms with Gasteiger partial charge >= 0.3 is 6.03 Å². The van der Waals surface area contributed by atoms with Crippen molar-refractivity contribution in [2.24, 2.45) is 0 Å². The lowest BCUT2D eigenvalue weighted by molar-refractivity contribution is -0.127. The zero-order valence-electron chi connectivity index (χ0n) is 14.0. The van der Waals surface area contributed by atoms with Crippen LogP contribution >= 0.6 is 0 Å². The molecule has 0 spiro atoms. The molecule has 6 nitrogen and oxygen atoms in total. The molecular formula is C19H16FN3O3. The van der Waals surface area contributed by atoms with Crippen LogP contribution in [0.4, 0.5) is 14.9 Å². The Morgan fingerprint density at radius 1 is 1.12 bits per heavy atom. The summed E-state index contributed by atoms with van der Waals surface area (Å²) in [6.45, 7) is 1.52. The Morgan fingerprint density at radius 2 is 1.77 bits per heavy atom. The van der Waals surface area contributed by atoms with Gasteiger partial charge in [-0.25, -0.2) is 14.1 Å². The van der Waals surface area contributed by atoms with Crippen molar-refractivity contribution in [3.63, 3.8) is 0 Å². The molecule has 0 bridgehead atoms. The van der Waals surface area contributed by atoms with Crippen LogP contribution in [-0.2, 0) is 9.59 Å². The van der Waals surface area contributed by atoms with Gasteiger partial charge in [0.1, 0.15) is 18.1 Å². The Morgan fingerprint density at radius 3 is 2.42 bits per heavy atom. The molecule has 7 heteroatoms. The van der Waals surface area contributed by atoms with E-state index in [1.165, 1.54) is 30.3 Å². The fraction of sp³-hybridized carbons (Fsp3) is 0.105. The van der Waals surface area contributed by atoms with E-state index < -0.39 is 30.2 Å². The second-order valence-electron chi connectivity index (χ2n) is 5.85. The van der Waals surface area contributed by atoms with E-state index in [1.54, 1.807) is 12.1 Å². The van der Waals surface area contributed by atoms with Crippen molar-refractivity contribution in [3.8, 4) is 0 Å². The fourth-order valence-electron chi connectivity index (χ4n) is 2.42. The molecule has 132 valence electrons. The van der Waals surface area contributed by atoms with E-state index >= 15 is 0 Å². The molecule has 2 N–H and O–H groups in total. The highest BCUT2D eigenvalue weighted by Crippen LogP contribution is 2.15. The van der Waals surface area contributed by atoms with Gasteiger partial charge in [-0.1, -0.05) is 29.8 Å². The first-order valence-electron chi connectivity index (χ1n) is 7.89. The Balaban J connectivity index is 1.67. The zero-order valence-corrected chi connectivity index (χ0v) is 14.0. The van der Waals surface area contributed by atoms with Crippen LogP contribution in [0, 0.1) is 12.7 Å². The van der Waals surface area contributed by atoms with Gasteiger partial charge in [-0.05, 0) is 42.8 Å². The van der Waals surface area contributed by atoms with Crippen LogP contribution in [0.3, 0.4) is 0 Å². The number of nitrogens with zero attached hydrogens (tertiary/aromatic N) is 1. The number of carbonyl (C=O) groups excluding carboxylic acids is 3. The molecule has 0 saturated carbocycles. The standard InChI is InChI=1S/C19H16FN3O3/c1-12-2-8-15(9-3-12)21-17(24)11-23-18(25)16(22-19(23)26)10-13-4-6-14(20)7-5-13/h2-10H,11H2,1H3,(H,21,24)(H,22,26)/b16-10-. The van der Waals surface area contributed by atoms with Crippen LogP contribution in [0.2, 0.25) is 0 Å². The Bertz CT molecular complexity index is 889. The number of benzene rings is 2. The van der Waals surface area contributed by atoms with Crippen molar-refractivity contribution in [1.82, 2.24) is 10.2 Å². The molecular weight excluding hydrogens is 337 g/mol. The molecule has 4 amide bonds. The predicted molar refractivity (Wildman–Crippen MR) is 94.4 cm³/mol. The van der Waals surface area contributed by atoms with E-state index in [0.717, 1.165) is 10.5 Å². The van der Waals surface area contributed by atoms with Gasteiger partial charge in [0.2, 0.25) is 5.91 Å². The van der Waals surface area contributed by atoms with Gasteiger partial charge in [0, 0.05) is 5.69 Å². The highest BCUT2D eigenvalue weighted by Gasteiger charge is 2.34. The van der Waals surface area contributed by atoms with Crippen molar-refractivity contribution in [2.75, 3.05) is 11.9 Å². The number of amides is 4. The van der Waals surface area contributed by atoms with Crippen molar-refractivity contribution in [2.45, 2.75) is 6.92 Å². The van der Waals surface area contributed by atoms with E-state index in [0.29, 0.717) is 11.3 Å². The van der Waals surface area contributed by atoms with Crippen molar-refractivity contribution >= 4 is 29.6 Å². The molecule has 1 heterocycles. The first-order valence-corrected chi connectivity index (χ1v) is 7.89. The minimum atomic E-state index is -0.678. The molecule has 1 aliphatic rings. The maximum atomic E-state index is 12.9. The Kier molecular flexibility index (Phi) is 4.79. The summed E-state index contributed by atoms with van der Waals surface area (Å²) in [5.41, 5.74) is 2.22. The smallest absolute Gasteiger partial charge is 0.325 e. The van der Waals surface area contributed by atoms with E-state index in [2.05, 4.69) is 10.6 Å². The van der Waals surface area contributed by atoms with Gasteiger partial charge in [-0.3, -0.25) is 9.59 Å². The molecule has 1 saturated heterocycles. The maximum absolute atomic E-state index is 12.9. The first kappa shape index (κ1) is 17.3. The molecule has 2 aromatic carbocycles. The van der Waals surface area contributed by atoms with Gasteiger partial charge in [0.25, 0.3) is 5.91 Å². The third-order valence-corrected chi connectivity index (χ3v) is 3.78. The number of urea groups is 1. The van der Waals surface area contributed by atoms with E-state index in [4.69, 9.17) is 0 Å². The molecule has 0 aliphatic carbocycles. The van der Waals surface area contributed by atoms with Crippen LogP contribution in [0.1, 0.15) is 11.1 Å². The summed E-state index contributed by atoms with van der Waals surface area (Å²) in [5.74, 6) is -1.50. The molecule has 0 atom stereocenters. The number of hydrogen-bond acceptors (Lipinski definition) is 3. The summed E-state index contributed by atoms with van der Waals surface area (Å²) >= 11 is 0. The zero-order chi connectivity index (χ0) is 18.7. The van der Waals surface area contributed by atoms with Crippen molar-refractivity contribution < 1.29 is 18.8 Å². The number of rotatable bonds is 4. The number of halogens is 1. The molecule has 26 heavy (non-hydrogen) atoms. The normalized spacial score (nSPS) is 15.3. The molecule has 1 fully saturated rings. The third-order valence-electron chi connectivity index (χ3n) is 3.78. The van der Waals surface area contributed by atoms with Gasteiger partial charge < -0.3 is 10.6 Å². The lowest BCUT2D eigenvalue weighted by Gasteiger charge is -2.12. The summed E-state index contributed by atoms with van der Waals surface area (Å²) in [4.78, 5) is 37.2. The van der Waals surface area contributed by atoms with Gasteiger partial charge in [-0.15, -0.1) is 0 Å². The summed E-state index contributed by atoms with van der Waals surface area (Å²) in [6.07, 6.45) is 1.43.